The molecule has 8 heteroatoms. The number of hydrogen-bond acceptors (Lipinski definition) is 6. The molecular weight excluding hydrogens is 469 g/mol. The van der Waals surface area contributed by atoms with Crippen LogP contribution in [0.1, 0.15) is 31.5 Å². The second-order valence-corrected chi connectivity index (χ2v) is 8.71. The molecule has 2 N–H and O–H groups in total. The highest BCUT2D eigenvalue weighted by atomic mass is 32.1. The predicted octanol–water partition coefficient (Wildman–Crippen LogP) is 6.87. The lowest BCUT2D eigenvalue weighted by Crippen LogP contribution is -2.06. The summed E-state index contributed by atoms with van der Waals surface area (Å²) in [7, 11) is 0. The van der Waals surface area contributed by atoms with Gasteiger partial charge in [-0.3, -0.25) is 9.78 Å². The Hall–Kier alpha value is -3.78. The molecule has 0 amide bonds. The van der Waals surface area contributed by atoms with Gasteiger partial charge in [-0.15, -0.1) is 0 Å². The van der Waals surface area contributed by atoms with Crippen LogP contribution in [0.2, 0.25) is 0 Å². The molecule has 35 heavy (non-hydrogen) atoms. The topological polar surface area (TPSA) is 80.8 Å². The smallest absolute Gasteiger partial charge is 0.307 e. The van der Waals surface area contributed by atoms with Gasteiger partial charge in [0, 0.05) is 17.5 Å². The lowest BCUT2D eigenvalue weighted by molar-refractivity contribution is 0.247. The maximum absolute atomic E-state index is 14.7. The highest BCUT2D eigenvalue weighted by molar-refractivity contribution is 7.13. The number of ether oxygens (including phenoxy) is 3. The SMILES string of the molecule is CCC(F)c1cc(OCCCOc2ccccc2-c2sc(=O)[nH]c2O)ccc1Oc1ccccc1. The van der Waals surface area contributed by atoms with Crippen molar-refractivity contribution >= 4 is 11.3 Å². The summed E-state index contributed by atoms with van der Waals surface area (Å²) in [5, 5.41) is 9.97. The molecule has 0 aliphatic carbocycles. The maximum atomic E-state index is 14.7. The summed E-state index contributed by atoms with van der Waals surface area (Å²) in [4.78, 5) is 14.0. The molecule has 1 unspecified atom stereocenters. The number of aromatic amines is 1. The third kappa shape index (κ3) is 6.22. The number of benzene rings is 3. The van der Waals surface area contributed by atoms with E-state index < -0.39 is 6.17 Å². The molecule has 3 aromatic carbocycles. The van der Waals surface area contributed by atoms with Crippen LogP contribution in [0.25, 0.3) is 10.4 Å². The quantitative estimate of drug-likeness (QED) is 0.222. The summed E-state index contributed by atoms with van der Waals surface area (Å²) >= 11 is 0.923. The molecule has 6 nitrogen and oxygen atoms in total. The highest BCUT2D eigenvalue weighted by Crippen LogP contribution is 2.37. The number of para-hydroxylation sites is 2. The summed E-state index contributed by atoms with van der Waals surface area (Å²) in [6, 6.07) is 21.6. The summed E-state index contributed by atoms with van der Waals surface area (Å²) in [6.07, 6.45) is -0.265. The van der Waals surface area contributed by atoms with Crippen LogP contribution >= 0.6 is 11.3 Å². The molecule has 0 radical (unpaired) electrons. The van der Waals surface area contributed by atoms with Crippen molar-refractivity contribution in [1.82, 2.24) is 4.98 Å². The standard InChI is InChI=1S/C27H26FNO5S/c1-2-22(28)21-17-19(13-14-24(21)34-18-9-4-3-5-10-18)32-15-8-16-33-23-12-7-6-11-20(23)25-26(30)29-27(31)35-25/h3-7,9-14,17,22,30H,2,8,15-16H2,1H3,(H,29,31). The number of hydrogen-bond donors (Lipinski definition) is 2. The van der Waals surface area contributed by atoms with Crippen molar-refractivity contribution in [2.75, 3.05) is 13.2 Å². The first kappa shape index (κ1) is 24.3. The Labute approximate surface area is 206 Å². The Balaban J connectivity index is 1.35. The van der Waals surface area contributed by atoms with Gasteiger partial charge in [0.1, 0.15) is 34.0 Å². The van der Waals surface area contributed by atoms with Crippen LogP contribution in [0, 0.1) is 0 Å². The molecule has 1 heterocycles. The van der Waals surface area contributed by atoms with E-state index >= 15 is 0 Å². The van der Waals surface area contributed by atoms with Gasteiger partial charge in [0.2, 0.25) is 5.88 Å². The Bertz CT molecular complexity index is 1300. The summed E-state index contributed by atoms with van der Waals surface area (Å²) < 4.78 is 32.2. The number of nitrogens with one attached hydrogen (secondary N) is 1. The van der Waals surface area contributed by atoms with Crippen molar-refractivity contribution in [3.05, 3.63) is 88.0 Å². The molecule has 0 saturated heterocycles. The molecule has 4 rings (SSSR count). The van der Waals surface area contributed by atoms with Crippen LogP contribution in [0.3, 0.4) is 0 Å². The Morgan fingerprint density at radius 2 is 1.69 bits per heavy atom. The second-order valence-electron chi connectivity index (χ2n) is 7.73. The second kappa shape index (κ2) is 11.6. The van der Waals surface area contributed by atoms with E-state index in [4.69, 9.17) is 14.2 Å². The van der Waals surface area contributed by atoms with Crippen LogP contribution < -0.4 is 19.1 Å². The van der Waals surface area contributed by atoms with E-state index in [9.17, 15) is 14.3 Å². The largest absolute Gasteiger partial charge is 0.493 e. The van der Waals surface area contributed by atoms with E-state index in [-0.39, 0.29) is 10.8 Å². The van der Waals surface area contributed by atoms with Crippen molar-refractivity contribution in [3.63, 3.8) is 0 Å². The van der Waals surface area contributed by atoms with Crippen LogP contribution in [0.5, 0.6) is 28.9 Å². The zero-order valence-electron chi connectivity index (χ0n) is 19.2. The van der Waals surface area contributed by atoms with Crippen LogP contribution in [0.15, 0.2) is 77.6 Å². The Morgan fingerprint density at radius 1 is 0.943 bits per heavy atom. The minimum absolute atomic E-state index is 0.173. The fraction of sp³-hybridized carbons (Fsp3) is 0.222. The highest BCUT2D eigenvalue weighted by Gasteiger charge is 2.16. The zero-order valence-corrected chi connectivity index (χ0v) is 20.0. The number of aromatic nitrogens is 1. The number of H-pyrrole nitrogens is 1. The van der Waals surface area contributed by atoms with Gasteiger partial charge >= 0.3 is 4.87 Å². The van der Waals surface area contributed by atoms with E-state index in [0.717, 1.165) is 11.3 Å². The number of aromatic hydroxyl groups is 1. The first-order valence-electron chi connectivity index (χ1n) is 11.3. The third-order valence-corrected chi connectivity index (χ3v) is 6.13. The van der Waals surface area contributed by atoms with E-state index in [1.165, 1.54) is 0 Å². The summed E-state index contributed by atoms with van der Waals surface area (Å²) in [5.74, 6) is 2.05. The van der Waals surface area contributed by atoms with Crippen molar-refractivity contribution in [1.29, 1.82) is 0 Å². The number of alkyl halides is 1. The lowest BCUT2D eigenvalue weighted by Gasteiger charge is -2.16. The lowest BCUT2D eigenvalue weighted by atomic mass is 10.1. The molecule has 0 spiro atoms. The molecule has 0 aliphatic rings. The van der Waals surface area contributed by atoms with E-state index in [0.29, 0.717) is 65.1 Å². The Kier molecular flexibility index (Phi) is 8.05. The van der Waals surface area contributed by atoms with Gasteiger partial charge in [-0.1, -0.05) is 48.6 Å². The normalized spacial score (nSPS) is 11.7. The first-order chi connectivity index (χ1) is 17.0. The molecule has 1 atom stereocenters. The van der Waals surface area contributed by atoms with Crippen LogP contribution in [0.4, 0.5) is 4.39 Å². The van der Waals surface area contributed by atoms with Gasteiger partial charge < -0.3 is 19.3 Å². The average molecular weight is 496 g/mol. The molecule has 4 aromatic rings. The van der Waals surface area contributed by atoms with Crippen molar-refractivity contribution < 1.29 is 23.7 Å². The number of halogens is 1. The van der Waals surface area contributed by atoms with E-state index in [2.05, 4.69) is 4.98 Å². The molecule has 182 valence electrons. The zero-order chi connectivity index (χ0) is 24.6. The molecular formula is C27H26FNO5S. The van der Waals surface area contributed by atoms with Gasteiger partial charge in [0.15, 0.2) is 0 Å². The minimum atomic E-state index is -1.17. The maximum Gasteiger partial charge on any atom is 0.307 e. The predicted molar refractivity (Wildman–Crippen MR) is 135 cm³/mol. The van der Waals surface area contributed by atoms with Crippen molar-refractivity contribution in [2.45, 2.75) is 25.9 Å². The average Bonchev–Trinajstić information content (AvgIpc) is 3.22. The van der Waals surface area contributed by atoms with Gasteiger partial charge in [0.05, 0.1) is 13.2 Å². The molecule has 0 aliphatic heterocycles. The third-order valence-electron chi connectivity index (χ3n) is 5.23. The Morgan fingerprint density at radius 3 is 2.43 bits per heavy atom. The van der Waals surface area contributed by atoms with Gasteiger partial charge in [-0.25, -0.2) is 4.39 Å². The van der Waals surface area contributed by atoms with Crippen molar-refractivity contribution in [3.8, 4) is 39.3 Å². The first-order valence-corrected chi connectivity index (χ1v) is 12.1. The van der Waals surface area contributed by atoms with Crippen molar-refractivity contribution in [2.24, 2.45) is 0 Å². The number of rotatable bonds is 11. The summed E-state index contributed by atoms with van der Waals surface area (Å²) in [6.45, 7) is 2.51. The fourth-order valence-corrected chi connectivity index (χ4v) is 4.26. The molecule has 0 fully saturated rings. The molecule has 0 saturated carbocycles. The van der Waals surface area contributed by atoms with E-state index in [1.807, 2.05) is 42.5 Å². The van der Waals surface area contributed by atoms with E-state index in [1.54, 1.807) is 37.3 Å². The molecule has 0 bridgehead atoms. The fourth-order valence-electron chi connectivity index (χ4n) is 3.50. The minimum Gasteiger partial charge on any atom is -0.493 e. The van der Waals surface area contributed by atoms with Gasteiger partial charge in [-0.2, -0.15) is 0 Å². The van der Waals surface area contributed by atoms with Gasteiger partial charge in [0.25, 0.3) is 0 Å². The molecule has 1 aromatic heterocycles. The van der Waals surface area contributed by atoms with Crippen LogP contribution in [-0.4, -0.2) is 23.3 Å². The monoisotopic (exact) mass is 495 g/mol. The summed E-state index contributed by atoms with van der Waals surface area (Å²) in [5.41, 5.74) is 1.09. The number of thiazole rings is 1. The van der Waals surface area contributed by atoms with Crippen LogP contribution in [-0.2, 0) is 0 Å². The van der Waals surface area contributed by atoms with Gasteiger partial charge in [-0.05, 0) is 48.9 Å².